The quantitative estimate of drug-likeness (QED) is 0.184. The largest absolute Gasteiger partial charge is 0.459 e. The highest BCUT2D eigenvalue weighted by Gasteiger charge is 2.70. The van der Waals surface area contributed by atoms with Crippen LogP contribution in [0.4, 0.5) is 26.3 Å². The maximum atomic E-state index is 14.7. The van der Waals surface area contributed by atoms with Gasteiger partial charge in [-0.2, -0.15) is 26.3 Å². The van der Waals surface area contributed by atoms with Gasteiger partial charge in [0.25, 0.3) is 0 Å². The Morgan fingerprint density at radius 1 is 0.745 bits per heavy atom. The van der Waals surface area contributed by atoms with Crippen LogP contribution in [0.15, 0.2) is 22.7 Å². The molecule has 2 saturated carbocycles. The van der Waals surface area contributed by atoms with Crippen LogP contribution >= 0.6 is 0 Å². The molecule has 4 saturated heterocycles. The van der Waals surface area contributed by atoms with Gasteiger partial charge in [0, 0.05) is 37.3 Å². The molecule has 6 aliphatic heterocycles. The van der Waals surface area contributed by atoms with Crippen LogP contribution in [0.1, 0.15) is 85.5 Å². The molecule has 290 valence electrons. The van der Waals surface area contributed by atoms with Crippen molar-refractivity contribution >= 4 is 0 Å². The summed E-state index contributed by atoms with van der Waals surface area (Å²) < 4.78 is 111. The van der Waals surface area contributed by atoms with Gasteiger partial charge in [-0.1, -0.05) is 13.8 Å². The second-order valence-corrected chi connectivity index (χ2v) is 16.9. The van der Waals surface area contributed by atoms with E-state index in [0.717, 1.165) is 25.7 Å². The Labute approximate surface area is 297 Å². The van der Waals surface area contributed by atoms with Crippen LogP contribution in [0.5, 0.6) is 0 Å². The van der Waals surface area contributed by atoms with Crippen LogP contribution in [-0.2, 0) is 28.7 Å². The number of hydrogen-bond donors (Lipinski definition) is 0. The molecule has 0 amide bonds. The van der Waals surface area contributed by atoms with Gasteiger partial charge in [0.1, 0.15) is 0 Å². The molecule has 6 fully saturated rings. The molecular weight excluding hydrogens is 682 g/mol. The summed E-state index contributed by atoms with van der Waals surface area (Å²) in [6, 6.07) is 0. The van der Waals surface area contributed by atoms with Crippen LogP contribution < -0.4 is 0 Å². The first-order valence-corrected chi connectivity index (χ1v) is 18.9. The molecule has 8 rings (SSSR count). The third-order valence-electron chi connectivity index (χ3n) is 13.3. The fraction of sp³-hybridized carbons (Fsp3) is 0.892. The minimum atomic E-state index is -4.73. The lowest BCUT2D eigenvalue weighted by atomic mass is 9.59. The number of alkyl halides is 6. The van der Waals surface area contributed by atoms with Gasteiger partial charge in [0.05, 0.1) is 6.10 Å². The summed E-state index contributed by atoms with van der Waals surface area (Å²) in [7, 11) is 3.56. The molecule has 14 heteroatoms. The molecule has 0 aromatic heterocycles. The van der Waals surface area contributed by atoms with Crippen LogP contribution in [-0.4, -0.2) is 92.5 Å². The number of allylic oxidation sites excluding steroid dienone is 2. The van der Waals surface area contributed by atoms with Crippen molar-refractivity contribution in [3.63, 3.8) is 0 Å². The number of rotatable bonds is 8. The van der Waals surface area contributed by atoms with E-state index in [1.165, 1.54) is 0 Å². The van der Waals surface area contributed by atoms with Crippen molar-refractivity contribution in [1.29, 1.82) is 0 Å². The van der Waals surface area contributed by atoms with Gasteiger partial charge in [-0.3, -0.25) is 0 Å². The lowest BCUT2D eigenvalue weighted by Gasteiger charge is -2.57. The minimum absolute atomic E-state index is 0.000222. The summed E-state index contributed by atoms with van der Waals surface area (Å²) in [4.78, 5) is 15.6. The molecule has 0 aromatic carbocycles. The Morgan fingerprint density at radius 3 is 2.08 bits per heavy atom. The van der Waals surface area contributed by atoms with Crippen LogP contribution in [0.3, 0.4) is 0 Å². The monoisotopic (exact) mass is 736 g/mol. The lowest BCUT2D eigenvalue weighted by Crippen LogP contribution is -2.67. The molecule has 0 aromatic rings. The maximum Gasteiger partial charge on any atom is 0.449 e. The average Bonchev–Trinajstić information content (AvgIpc) is 3.37. The molecule has 51 heavy (non-hydrogen) atoms. The van der Waals surface area contributed by atoms with Crippen molar-refractivity contribution in [1.82, 2.24) is 9.80 Å². The average molecular weight is 737 g/mol. The van der Waals surface area contributed by atoms with Crippen molar-refractivity contribution in [2.45, 2.75) is 128 Å². The molecule has 1 spiro atoms. The zero-order valence-corrected chi connectivity index (χ0v) is 30.6. The van der Waals surface area contributed by atoms with Crippen molar-refractivity contribution in [2.75, 3.05) is 40.3 Å². The summed E-state index contributed by atoms with van der Waals surface area (Å²) in [5.74, 6) is -3.41. The predicted octanol–water partition coefficient (Wildman–Crippen LogP) is 7.95. The molecule has 2 bridgehead atoms. The number of hydrogen-bond acceptors (Lipinski definition) is 8. The predicted molar refractivity (Wildman–Crippen MR) is 173 cm³/mol. The Bertz CT molecular complexity index is 1370. The maximum absolute atomic E-state index is 14.7. The standard InChI is InChI=1S/C37H54F6N2O6/c1-20-8-11-24-25(30(36(38,39)40)47-32-29(24)23(20)12-10-22(3)46-32)18-44(5)16-7-17-45(6)19-26-28-13-9-21(2)27-14-15-34(4)49-33(35(27,28)51-50-34)48-31(26)37(41,42)43/h20-24,27-29,32-33H,7-19H2,1-6H3/t20-,21-,22+,23?,24+,27?,28+,29-,32+,33-,34-,35-/m1/s1. The van der Waals surface area contributed by atoms with Crippen molar-refractivity contribution < 1.29 is 55.1 Å². The van der Waals surface area contributed by atoms with E-state index in [1.54, 1.807) is 21.0 Å². The van der Waals surface area contributed by atoms with E-state index in [-0.39, 0.29) is 54.4 Å². The van der Waals surface area contributed by atoms with Crippen molar-refractivity contribution in [3.05, 3.63) is 22.7 Å². The smallest absolute Gasteiger partial charge is 0.449 e. The van der Waals surface area contributed by atoms with Gasteiger partial charge in [-0.25, -0.2) is 9.78 Å². The molecule has 2 unspecified atom stereocenters. The first-order valence-electron chi connectivity index (χ1n) is 18.9. The van der Waals surface area contributed by atoms with Crippen molar-refractivity contribution in [3.8, 4) is 0 Å². The summed E-state index contributed by atoms with van der Waals surface area (Å²) in [6.45, 7) is 8.85. The van der Waals surface area contributed by atoms with E-state index < -0.39 is 53.8 Å². The van der Waals surface area contributed by atoms with E-state index >= 15 is 0 Å². The van der Waals surface area contributed by atoms with Gasteiger partial charge in [-0.05, 0) is 127 Å². The third-order valence-corrected chi connectivity index (χ3v) is 13.3. The Balaban J connectivity index is 1.05. The number of likely N-dealkylation sites (N-methyl/N-ethyl adjacent to an activating group) is 2. The van der Waals surface area contributed by atoms with Gasteiger partial charge in [0.2, 0.25) is 29.9 Å². The minimum Gasteiger partial charge on any atom is -0.459 e. The van der Waals surface area contributed by atoms with Crippen molar-refractivity contribution in [2.24, 2.45) is 41.4 Å². The van der Waals surface area contributed by atoms with Crippen LogP contribution in [0.25, 0.3) is 0 Å². The molecule has 12 atom stereocenters. The third kappa shape index (κ3) is 6.85. The Morgan fingerprint density at radius 2 is 1.39 bits per heavy atom. The first-order chi connectivity index (χ1) is 23.9. The molecule has 0 N–H and O–H groups in total. The van der Waals surface area contributed by atoms with E-state index in [0.29, 0.717) is 56.7 Å². The second kappa shape index (κ2) is 13.6. The Kier molecular flexibility index (Phi) is 10.1. The zero-order chi connectivity index (χ0) is 36.7. The highest BCUT2D eigenvalue weighted by atomic mass is 19.4. The summed E-state index contributed by atoms with van der Waals surface area (Å²) in [6.07, 6.45) is -5.51. The fourth-order valence-corrected chi connectivity index (χ4v) is 10.8. The zero-order valence-electron chi connectivity index (χ0n) is 30.6. The second-order valence-electron chi connectivity index (χ2n) is 16.9. The lowest BCUT2D eigenvalue weighted by molar-refractivity contribution is -0.557. The highest BCUT2D eigenvalue weighted by Crippen LogP contribution is 2.61. The molecule has 2 aliphatic carbocycles. The summed E-state index contributed by atoms with van der Waals surface area (Å²) >= 11 is 0. The summed E-state index contributed by atoms with van der Waals surface area (Å²) in [5, 5.41) is 0. The van der Waals surface area contributed by atoms with Gasteiger partial charge in [-0.15, -0.1) is 0 Å². The number of fused-ring (bicyclic) bond motifs is 2. The normalized spacial score (nSPS) is 42.6. The highest BCUT2D eigenvalue weighted by molar-refractivity contribution is 5.29. The molecule has 6 heterocycles. The summed E-state index contributed by atoms with van der Waals surface area (Å²) in [5.41, 5.74) is -0.750. The Hall–Kier alpha value is -1.58. The van der Waals surface area contributed by atoms with Crippen LogP contribution in [0.2, 0.25) is 0 Å². The van der Waals surface area contributed by atoms with Gasteiger partial charge >= 0.3 is 12.4 Å². The molecular formula is C37H54F6N2O6. The molecule has 8 aliphatic rings. The topological polar surface area (TPSA) is 61.9 Å². The van der Waals surface area contributed by atoms with E-state index in [4.69, 9.17) is 28.7 Å². The SMILES string of the molecule is C[C@@H]1CC[C@H]2C(CN(C)CCCN(C)CC3=C(C(F)(F)F)O[C@@H]4O[C@@]5(C)CCC6[C@H](C)CC[C@@H]3[C@]64OO5)=C(C(F)(F)F)O[C@@H]3O[C@@H](C)CCC1[C@@H]32. The van der Waals surface area contributed by atoms with Gasteiger partial charge < -0.3 is 28.7 Å². The first kappa shape index (κ1) is 37.7. The fourth-order valence-electron chi connectivity index (χ4n) is 10.8. The number of ether oxygens (including phenoxy) is 4. The molecule has 0 radical (unpaired) electrons. The van der Waals surface area contributed by atoms with E-state index in [1.807, 2.05) is 16.7 Å². The van der Waals surface area contributed by atoms with Crippen LogP contribution in [0, 0.1) is 41.4 Å². The van der Waals surface area contributed by atoms with E-state index in [2.05, 4.69) is 13.8 Å². The van der Waals surface area contributed by atoms with Gasteiger partial charge in [0.15, 0.2) is 5.60 Å². The molecule has 8 nitrogen and oxygen atoms in total. The number of halogens is 6. The van der Waals surface area contributed by atoms with E-state index in [9.17, 15) is 26.3 Å². The number of nitrogens with zero attached hydrogens (tertiary/aromatic N) is 2.